The van der Waals surface area contributed by atoms with E-state index in [1.54, 1.807) is 0 Å². The highest BCUT2D eigenvalue weighted by atomic mass is 32.1. The van der Waals surface area contributed by atoms with Crippen LogP contribution in [0.3, 0.4) is 0 Å². The molecule has 0 aliphatic heterocycles. The average molecular weight is 184 g/mol. The molecule has 0 atom stereocenters. The average Bonchev–Trinajstić information content (AvgIpc) is 2.82. The third-order valence-electron chi connectivity index (χ3n) is 1.98. The Morgan fingerprint density at radius 2 is 2.42 bits per heavy atom. The van der Waals surface area contributed by atoms with Crippen molar-refractivity contribution in [2.75, 3.05) is 11.9 Å². The predicted octanol–water partition coefficient (Wildman–Crippen LogP) is 1.07. The Labute approximate surface area is 75.0 Å². The zero-order valence-corrected chi connectivity index (χ0v) is 7.67. The van der Waals surface area contributed by atoms with Gasteiger partial charge in [-0.15, -0.1) is 0 Å². The largest absolute Gasteiger partial charge is 0.347 e. The van der Waals surface area contributed by atoms with E-state index < -0.39 is 0 Å². The third-order valence-corrected chi connectivity index (χ3v) is 2.83. The van der Waals surface area contributed by atoms with E-state index in [4.69, 9.17) is 0 Å². The first kappa shape index (κ1) is 7.94. The Kier molecular flexibility index (Phi) is 1.98. The van der Waals surface area contributed by atoms with Gasteiger partial charge in [0.1, 0.15) is 6.61 Å². The molecule has 1 heterocycles. The van der Waals surface area contributed by atoms with E-state index in [9.17, 15) is 5.11 Å². The third kappa shape index (κ3) is 1.42. The van der Waals surface area contributed by atoms with Gasteiger partial charge in [-0.25, -0.2) is 10.1 Å². The fourth-order valence-electron chi connectivity index (χ4n) is 1.06. The van der Waals surface area contributed by atoms with Crippen LogP contribution in [-0.4, -0.2) is 22.4 Å². The maximum absolute atomic E-state index is 10.4. The van der Waals surface area contributed by atoms with Crippen LogP contribution in [0.5, 0.6) is 0 Å². The molecule has 4 nitrogen and oxygen atoms in total. The maximum atomic E-state index is 10.4. The lowest BCUT2D eigenvalue weighted by molar-refractivity contribution is 0.171. The first-order valence-electron chi connectivity index (χ1n) is 3.95. The minimum absolute atomic E-state index is 0.311. The summed E-state index contributed by atoms with van der Waals surface area (Å²) in [6.45, 7) is -0.311. The first-order chi connectivity index (χ1) is 5.81. The van der Waals surface area contributed by atoms with Crippen molar-refractivity contribution < 1.29 is 5.11 Å². The van der Waals surface area contributed by atoms with Crippen molar-refractivity contribution in [3.63, 3.8) is 0 Å². The van der Waals surface area contributed by atoms with Gasteiger partial charge in [0.05, 0.1) is 0 Å². The van der Waals surface area contributed by atoms with E-state index in [0.717, 1.165) is 5.13 Å². The molecule has 0 unspecified atom stereocenters. The second-order valence-corrected chi connectivity index (χ2v) is 3.71. The Balaban J connectivity index is 2.10. The molecule has 2 rings (SSSR count). The summed E-state index contributed by atoms with van der Waals surface area (Å²) in [5.41, 5.74) is 0. The summed E-state index contributed by atoms with van der Waals surface area (Å²) >= 11 is 1.32. The van der Waals surface area contributed by atoms with Gasteiger partial charge in [-0.1, -0.05) is 0 Å². The summed E-state index contributed by atoms with van der Waals surface area (Å²) in [5, 5.41) is 11.3. The molecule has 0 saturated heterocycles. The van der Waals surface area contributed by atoms with Gasteiger partial charge >= 0.3 is 0 Å². The van der Waals surface area contributed by atoms with Crippen LogP contribution in [0.2, 0.25) is 0 Å². The molecule has 0 spiro atoms. The molecular formula is C7H10N3OS. The van der Waals surface area contributed by atoms with Crippen LogP contribution in [0.1, 0.15) is 18.7 Å². The van der Waals surface area contributed by atoms with Crippen molar-refractivity contribution in [3.05, 3.63) is 5.82 Å². The minimum atomic E-state index is -0.311. The molecule has 1 aliphatic rings. The predicted molar refractivity (Wildman–Crippen MR) is 45.7 cm³/mol. The van der Waals surface area contributed by atoms with Crippen molar-refractivity contribution in [2.45, 2.75) is 25.5 Å². The number of rotatable bonds is 3. The van der Waals surface area contributed by atoms with Gasteiger partial charge in [-0.05, 0) is 12.8 Å². The summed E-state index contributed by atoms with van der Waals surface area (Å²) in [6.07, 6.45) is 2.48. The molecule has 0 bridgehead atoms. The molecular weight excluding hydrogens is 174 g/mol. The highest BCUT2D eigenvalue weighted by molar-refractivity contribution is 7.09. The van der Waals surface area contributed by atoms with E-state index in [1.165, 1.54) is 24.4 Å². The Morgan fingerprint density at radius 3 is 2.92 bits per heavy atom. The quantitative estimate of drug-likeness (QED) is 0.706. The molecule has 0 aromatic carbocycles. The SMILES string of the molecule is CN(c1nc(C[O])ns1)C1CC1. The molecule has 5 heteroatoms. The van der Waals surface area contributed by atoms with Crippen LogP contribution in [-0.2, 0) is 11.7 Å². The summed E-state index contributed by atoms with van der Waals surface area (Å²) in [6, 6.07) is 0.637. The van der Waals surface area contributed by atoms with Gasteiger partial charge in [-0.3, -0.25) is 0 Å². The van der Waals surface area contributed by atoms with Crippen molar-refractivity contribution in [3.8, 4) is 0 Å². The van der Waals surface area contributed by atoms with Gasteiger partial charge in [0.15, 0.2) is 5.82 Å². The zero-order valence-electron chi connectivity index (χ0n) is 6.86. The molecule has 1 aliphatic carbocycles. The number of hydrogen-bond acceptors (Lipinski definition) is 4. The molecule has 1 fully saturated rings. The van der Waals surface area contributed by atoms with E-state index >= 15 is 0 Å². The van der Waals surface area contributed by atoms with Crippen molar-refractivity contribution >= 4 is 16.7 Å². The molecule has 1 saturated carbocycles. The van der Waals surface area contributed by atoms with E-state index in [2.05, 4.69) is 14.3 Å². The summed E-state index contributed by atoms with van der Waals surface area (Å²) < 4.78 is 3.94. The number of anilines is 1. The smallest absolute Gasteiger partial charge is 0.205 e. The lowest BCUT2D eigenvalue weighted by Gasteiger charge is -2.12. The molecule has 12 heavy (non-hydrogen) atoms. The molecule has 65 valence electrons. The molecule has 0 amide bonds. The normalized spacial score (nSPS) is 16.5. The Hall–Kier alpha value is -0.680. The van der Waals surface area contributed by atoms with Gasteiger partial charge in [0, 0.05) is 24.6 Å². The minimum Gasteiger partial charge on any atom is -0.347 e. The Morgan fingerprint density at radius 1 is 1.67 bits per heavy atom. The summed E-state index contributed by atoms with van der Waals surface area (Å²) in [7, 11) is 2.01. The monoisotopic (exact) mass is 184 g/mol. The second-order valence-electron chi connectivity index (χ2n) is 2.98. The lowest BCUT2D eigenvalue weighted by atomic mass is 10.6. The van der Waals surface area contributed by atoms with Gasteiger partial charge in [0.25, 0.3) is 0 Å². The fraction of sp³-hybridized carbons (Fsp3) is 0.714. The molecule has 1 aromatic rings. The van der Waals surface area contributed by atoms with Crippen molar-refractivity contribution in [2.24, 2.45) is 0 Å². The molecule has 0 N–H and O–H groups in total. The highest BCUT2D eigenvalue weighted by Crippen LogP contribution is 2.30. The van der Waals surface area contributed by atoms with E-state index in [1.807, 2.05) is 7.05 Å². The number of nitrogens with zero attached hydrogens (tertiary/aromatic N) is 3. The van der Waals surface area contributed by atoms with Gasteiger partial charge in [-0.2, -0.15) is 4.37 Å². The lowest BCUT2D eigenvalue weighted by Crippen LogP contribution is -2.18. The van der Waals surface area contributed by atoms with Gasteiger partial charge < -0.3 is 4.90 Å². The topological polar surface area (TPSA) is 48.9 Å². The van der Waals surface area contributed by atoms with Gasteiger partial charge in [0.2, 0.25) is 5.13 Å². The van der Waals surface area contributed by atoms with Crippen LogP contribution in [0, 0.1) is 0 Å². The van der Waals surface area contributed by atoms with Crippen LogP contribution >= 0.6 is 11.5 Å². The van der Waals surface area contributed by atoms with Crippen molar-refractivity contribution in [1.29, 1.82) is 0 Å². The maximum Gasteiger partial charge on any atom is 0.205 e. The van der Waals surface area contributed by atoms with E-state index in [0.29, 0.717) is 11.9 Å². The molecule has 1 radical (unpaired) electrons. The number of aromatic nitrogens is 2. The zero-order chi connectivity index (χ0) is 8.55. The standard InChI is InChI=1S/C7H10N3OS/c1-10(5-2-3-5)7-8-6(4-11)9-12-7/h5H,2-4H2,1H3. The van der Waals surface area contributed by atoms with Crippen molar-refractivity contribution in [1.82, 2.24) is 9.36 Å². The first-order valence-corrected chi connectivity index (χ1v) is 4.72. The number of hydrogen-bond donors (Lipinski definition) is 0. The van der Waals surface area contributed by atoms with Crippen LogP contribution in [0.4, 0.5) is 5.13 Å². The second kappa shape index (κ2) is 2.99. The Bertz CT molecular complexity index is 271. The van der Waals surface area contributed by atoms with Crippen LogP contribution in [0.15, 0.2) is 0 Å². The van der Waals surface area contributed by atoms with E-state index in [-0.39, 0.29) is 6.61 Å². The van der Waals surface area contributed by atoms with Crippen LogP contribution < -0.4 is 4.90 Å². The highest BCUT2D eigenvalue weighted by Gasteiger charge is 2.28. The fourth-order valence-corrected chi connectivity index (χ4v) is 1.77. The molecule has 1 aromatic heterocycles. The summed E-state index contributed by atoms with van der Waals surface area (Å²) in [5.74, 6) is 0.419. The van der Waals surface area contributed by atoms with Crippen LogP contribution in [0.25, 0.3) is 0 Å². The summed E-state index contributed by atoms with van der Waals surface area (Å²) in [4.78, 5) is 6.22.